The van der Waals surface area contributed by atoms with Gasteiger partial charge in [0.1, 0.15) is 4.99 Å². The molecule has 0 radical (unpaired) electrons. The molecular formula is C27H31F6N3OS. The molecule has 4 rings (SSSR count). The van der Waals surface area contributed by atoms with Crippen molar-refractivity contribution in [3.05, 3.63) is 59.2 Å². The first-order valence-electron chi connectivity index (χ1n) is 12.7. The predicted molar refractivity (Wildman–Crippen MR) is 140 cm³/mol. The van der Waals surface area contributed by atoms with Gasteiger partial charge < -0.3 is 19.9 Å². The van der Waals surface area contributed by atoms with Crippen LogP contribution in [-0.2, 0) is 17.1 Å². The smallest absolute Gasteiger partial charge is 0.382 e. The van der Waals surface area contributed by atoms with Crippen molar-refractivity contribution < 1.29 is 31.1 Å². The van der Waals surface area contributed by atoms with Crippen molar-refractivity contribution in [3.63, 3.8) is 0 Å². The van der Waals surface area contributed by atoms with Crippen molar-refractivity contribution in [2.45, 2.75) is 57.1 Å². The van der Waals surface area contributed by atoms with Crippen LogP contribution in [0.5, 0.6) is 0 Å². The Bertz CT molecular complexity index is 1110. The number of nitrogens with one attached hydrogen (secondary N) is 1. The van der Waals surface area contributed by atoms with E-state index in [0.717, 1.165) is 31.7 Å². The molecule has 0 spiro atoms. The molecule has 208 valence electrons. The molecule has 2 aromatic rings. The molecule has 2 aliphatic rings. The van der Waals surface area contributed by atoms with E-state index in [-0.39, 0.29) is 17.7 Å². The summed E-state index contributed by atoms with van der Waals surface area (Å²) >= 11 is 5.56. The van der Waals surface area contributed by atoms with Crippen molar-refractivity contribution in [2.24, 2.45) is 0 Å². The maximum atomic E-state index is 13.2. The lowest BCUT2D eigenvalue weighted by Gasteiger charge is -2.38. The van der Waals surface area contributed by atoms with E-state index < -0.39 is 23.5 Å². The third-order valence-electron chi connectivity index (χ3n) is 7.20. The summed E-state index contributed by atoms with van der Waals surface area (Å²) < 4.78 is 84.7. The maximum absolute atomic E-state index is 13.2. The summed E-state index contributed by atoms with van der Waals surface area (Å²) in [5, 5.41) is 3.23. The number of rotatable bonds is 6. The molecule has 11 heteroatoms. The number of halogens is 6. The van der Waals surface area contributed by atoms with Crippen LogP contribution in [-0.4, -0.2) is 54.8 Å². The van der Waals surface area contributed by atoms with Gasteiger partial charge in [0.15, 0.2) is 0 Å². The standard InChI is InChI=1S/C27H31F6N3OS/c1-18-5-6-21(16-24(18)27(31,32)33)34-20-7-9-23(10-8-20)37-17-25(38)36-13-11-35(12-14-36)22-4-2-3-19(15-22)26(28,29)30/h2-6,15-16,20,23,34H,7-14,17H2,1H3. The SMILES string of the molecule is Cc1ccc(NC2CCC(OCC(=S)N3CCN(c4cccc(C(F)(F)F)c4)CC3)CC2)cc1C(F)(F)F. The van der Waals surface area contributed by atoms with E-state index in [1.165, 1.54) is 31.2 Å². The highest BCUT2D eigenvalue weighted by Crippen LogP contribution is 2.35. The molecule has 2 fully saturated rings. The lowest BCUT2D eigenvalue weighted by atomic mass is 9.92. The molecule has 4 nitrogen and oxygen atoms in total. The second-order valence-corrected chi connectivity index (χ2v) is 10.3. The van der Waals surface area contributed by atoms with Crippen molar-refractivity contribution in [2.75, 3.05) is 43.0 Å². The Hall–Kier alpha value is -2.53. The first-order valence-corrected chi connectivity index (χ1v) is 13.1. The molecule has 1 saturated heterocycles. The van der Waals surface area contributed by atoms with Gasteiger partial charge in [0.2, 0.25) is 0 Å². The van der Waals surface area contributed by atoms with E-state index >= 15 is 0 Å². The third-order valence-corrected chi connectivity index (χ3v) is 7.58. The Kier molecular flexibility index (Phi) is 8.76. The Balaban J connectivity index is 1.19. The minimum atomic E-state index is -4.38. The van der Waals surface area contributed by atoms with Crippen molar-refractivity contribution in [1.82, 2.24) is 4.90 Å². The van der Waals surface area contributed by atoms with Crippen LogP contribution >= 0.6 is 12.2 Å². The van der Waals surface area contributed by atoms with Gasteiger partial charge in [-0.2, -0.15) is 26.3 Å². The van der Waals surface area contributed by atoms with Crippen LogP contribution in [0.4, 0.5) is 37.7 Å². The molecule has 1 heterocycles. The average Bonchev–Trinajstić information content (AvgIpc) is 2.88. The van der Waals surface area contributed by atoms with Gasteiger partial charge in [-0.25, -0.2) is 0 Å². The second-order valence-electron chi connectivity index (χ2n) is 9.87. The summed E-state index contributed by atoms with van der Waals surface area (Å²) in [5.41, 5.74) is -0.0573. The van der Waals surface area contributed by atoms with E-state index in [4.69, 9.17) is 17.0 Å². The molecule has 1 aliphatic heterocycles. The molecule has 1 aliphatic carbocycles. The third kappa shape index (κ3) is 7.31. The quantitative estimate of drug-likeness (QED) is 0.306. The van der Waals surface area contributed by atoms with Crippen LogP contribution in [0.2, 0.25) is 0 Å². The van der Waals surface area contributed by atoms with Crippen molar-refractivity contribution in [1.29, 1.82) is 0 Å². The summed E-state index contributed by atoms with van der Waals surface area (Å²) in [6.07, 6.45) is -5.60. The molecule has 1 N–H and O–H groups in total. The monoisotopic (exact) mass is 559 g/mol. The van der Waals surface area contributed by atoms with Crippen LogP contribution in [0.1, 0.15) is 42.4 Å². The Labute approximate surface area is 223 Å². The highest BCUT2D eigenvalue weighted by atomic mass is 32.1. The van der Waals surface area contributed by atoms with Gasteiger partial charge in [-0.15, -0.1) is 0 Å². The number of hydrogen-bond donors (Lipinski definition) is 1. The van der Waals surface area contributed by atoms with Gasteiger partial charge in [0.05, 0.1) is 23.8 Å². The van der Waals surface area contributed by atoms with E-state index in [2.05, 4.69) is 5.32 Å². The van der Waals surface area contributed by atoms with Gasteiger partial charge in [0, 0.05) is 43.6 Å². The fraction of sp³-hybridized carbons (Fsp3) is 0.519. The van der Waals surface area contributed by atoms with Crippen LogP contribution < -0.4 is 10.2 Å². The zero-order valence-electron chi connectivity index (χ0n) is 21.0. The molecule has 0 atom stereocenters. The van der Waals surface area contributed by atoms with Gasteiger partial charge in [-0.3, -0.25) is 0 Å². The normalized spacial score (nSPS) is 20.9. The molecular weight excluding hydrogens is 528 g/mol. The van der Waals surface area contributed by atoms with Gasteiger partial charge in [0.25, 0.3) is 0 Å². The second kappa shape index (κ2) is 11.7. The van der Waals surface area contributed by atoms with Crippen LogP contribution in [0, 0.1) is 6.92 Å². The van der Waals surface area contributed by atoms with Gasteiger partial charge in [-0.05, 0) is 68.5 Å². The first kappa shape index (κ1) is 28.5. The molecule has 0 unspecified atom stereocenters. The van der Waals surface area contributed by atoms with Crippen LogP contribution in [0.15, 0.2) is 42.5 Å². The zero-order chi connectivity index (χ0) is 27.5. The summed E-state index contributed by atoms with van der Waals surface area (Å²) in [6.45, 7) is 4.09. The Morgan fingerprint density at radius 3 is 2.24 bits per heavy atom. The molecule has 0 bridgehead atoms. The maximum Gasteiger partial charge on any atom is 0.416 e. The number of alkyl halides is 6. The molecule has 0 aromatic heterocycles. The van der Waals surface area contributed by atoms with E-state index in [1.54, 1.807) is 12.1 Å². The van der Waals surface area contributed by atoms with Gasteiger partial charge in [-0.1, -0.05) is 24.4 Å². The van der Waals surface area contributed by atoms with Crippen LogP contribution in [0.3, 0.4) is 0 Å². The number of piperazine rings is 1. The number of thiocarbonyl (C=S) groups is 1. The van der Waals surface area contributed by atoms with Crippen molar-refractivity contribution in [3.8, 4) is 0 Å². The number of ether oxygens (including phenoxy) is 1. The number of hydrogen-bond acceptors (Lipinski definition) is 4. The summed E-state index contributed by atoms with van der Waals surface area (Å²) in [4.78, 5) is 4.63. The lowest BCUT2D eigenvalue weighted by molar-refractivity contribution is -0.138. The lowest BCUT2D eigenvalue weighted by Crippen LogP contribution is -2.49. The molecule has 1 saturated carbocycles. The summed E-state index contributed by atoms with van der Waals surface area (Å²) in [7, 11) is 0. The van der Waals surface area contributed by atoms with Crippen LogP contribution in [0.25, 0.3) is 0 Å². The molecule has 2 aromatic carbocycles. The fourth-order valence-corrected chi connectivity index (χ4v) is 5.25. The fourth-order valence-electron chi connectivity index (χ4n) is 5.00. The Morgan fingerprint density at radius 2 is 1.61 bits per heavy atom. The molecule has 38 heavy (non-hydrogen) atoms. The predicted octanol–water partition coefficient (Wildman–Crippen LogP) is 6.92. The number of benzene rings is 2. The minimum Gasteiger partial charge on any atom is -0.382 e. The topological polar surface area (TPSA) is 27.7 Å². The summed E-state index contributed by atoms with van der Waals surface area (Å²) in [6, 6.07) is 9.77. The van der Waals surface area contributed by atoms with Gasteiger partial charge >= 0.3 is 12.4 Å². The highest BCUT2D eigenvalue weighted by Gasteiger charge is 2.33. The number of nitrogens with zero attached hydrogens (tertiary/aromatic N) is 2. The van der Waals surface area contributed by atoms with Crippen molar-refractivity contribution >= 4 is 28.6 Å². The summed E-state index contributed by atoms with van der Waals surface area (Å²) in [5.74, 6) is 0. The highest BCUT2D eigenvalue weighted by molar-refractivity contribution is 7.80. The largest absolute Gasteiger partial charge is 0.416 e. The minimum absolute atomic E-state index is 0.0288. The van der Waals surface area contributed by atoms with E-state index in [1.807, 2.05) is 9.80 Å². The molecule has 0 amide bonds. The number of anilines is 2. The first-order chi connectivity index (χ1) is 17.9. The number of aryl methyl sites for hydroxylation is 1. The average molecular weight is 560 g/mol. The van der Waals surface area contributed by atoms with E-state index in [0.29, 0.717) is 49.1 Å². The Morgan fingerprint density at radius 1 is 0.921 bits per heavy atom. The van der Waals surface area contributed by atoms with E-state index in [9.17, 15) is 26.3 Å². The zero-order valence-corrected chi connectivity index (χ0v) is 21.9.